The van der Waals surface area contributed by atoms with Gasteiger partial charge in [0, 0.05) is 12.6 Å². The number of hydrogen-bond donors (Lipinski definition) is 1. The molecule has 0 saturated heterocycles. The lowest BCUT2D eigenvalue weighted by Gasteiger charge is -1.97. The first kappa shape index (κ1) is 9.19. The summed E-state index contributed by atoms with van der Waals surface area (Å²) in [7, 11) is 0. The number of imidazole rings is 1. The molecule has 2 aromatic heterocycles. The fourth-order valence-corrected chi connectivity index (χ4v) is 1.57. The molecule has 3 heteroatoms. The highest BCUT2D eigenvalue weighted by Gasteiger charge is 2.06. The van der Waals surface area contributed by atoms with Crippen LogP contribution in [0.1, 0.15) is 30.3 Å². The average Bonchev–Trinajstić information content (AvgIpc) is 2.56. The molecule has 0 fully saturated rings. The number of aryl methyl sites for hydroxylation is 3. The first-order chi connectivity index (χ1) is 6.72. The molecule has 0 aliphatic carbocycles. The molecule has 0 atom stereocenters. The van der Waals surface area contributed by atoms with Gasteiger partial charge in [0.2, 0.25) is 0 Å². The van der Waals surface area contributed by atoms with Crippen LogP contribution in [0.15, 0.2) is 6.20 Å². The number of pyridine rings is 1. The Morgan fingerprint density at radius 3 is 2.86 bits per heavy atom. The van der Waals surface area contributed by atoms with Gasteiger partial charge < -0.3 is 4.98 Å². The molecule has 0 aliphatic rings. The summed E-state index contributed by atoms with van der Waals surface area (Å²) >= 11 is 0. The molecular weight excluding hydrogens is 174 g/mol. The Labute approximate surface area is 83.6 Å². The maximum atomic E-state index is 4.44. The molecule has 0 amide bonds. The molecule has 2 rings (SSSR count). The smallest absolute Gasteiger partial charge is 0.177 e. The number of nitrogens with zero attached hydrogens (tertiary/aromatic N) is 2. The maximum Gasteiger partial charge on any atom is 0.177 e. The van der Waals surface area contributed by atoms with Crippen molar-refractivity contribution in [3.63, 3.8) is 0 Å². The van der Waals surface area contributed by atoms with Crippen molar-refractivity contribution in [2.45, 2.75) is 33.6 Å². The van der Waals surface area contributed by atoms with E-state index in [0.29, 0.717) is 0 Å². The van der Waals surface area contributed by atoms with E-state index in [1.165, 1.54) is 11.1 Å². The van der Waals surface area contributed by atoms with Gasteiger partial charge >= 0.3 is 0 Å². The predicted molar refractivity (Wildman–Crippen MR) is 57.4 cm³/mol. The van der Waals surface area contributed by atoms with Crippen LogP contribution in [0.4, 0.5) is 0 Å². The van der Waals surface area contributed by atoms with E-state index in [-0.39, 0.29) is 0 Å². The van der Waals surface area contributed by atoms with E-state index >= 15 is 0 Å². The van der Waals surface area contributed by atoms with Gasteiger partial charge in [-0.1, -0.05) is 6.92 Å². The van der Waals surface area contributed by atoms with Crippen molar-refractivity contribution in [1.82, 2.24) is 15.0 Å². The van der Waals surface area contributed by atoms with Crippen molar-refractivity contribution in [2.24, 2.45) is 0 Å². The first-order valence-electron chi connectivity index (χ1n) is 5.03. The molecule has 74 valence electrons. The van der Waals surface area contributed by atoms with Crippen LogP contribution in [0.5, 0.6) is 0 Å². The van der Waals surface area contributed by atoms with Crippen LogP contribution in [0.25, 0.3) is 11.2 Å². The van der Waals surface area contributed by atoms with E-state index in [4.69, 9.17) is 0 Å². The Hall–Kier alpha value is -1.38. The van der Waals surface area contributed by atoms with Gasteiger partial charge in [0.05, 0.1) is 5.52 Å². The molecule has 3 nitrogen and oxygen atoms in total. The Morgan fingerprint density at radius 2 is 2.14 bits per heavy atom. The third kappa shape index (κ3) is 1.39. The normalized spacial score (nSPS) is 11.1. The number of aromatic nitrogens is 3. The highest BCUT2D eigenvalue weighted by Crippen LogP contribution is 2.17. The summed E-state index contributed by atoms with van der Waals surface area (Å²) in [5, 5.41) is 0. The van der Waals surface area contributed by atoms with Gasteiger partial charge in [0.25, 0.3) is 0 Å². The molecule has 1 N–H and O–H groups in total. The number of rotatable bonds is 2. The molecular formula is C11H15N3. The second-order valence-corrected chi connectivity index (χ2v) is 3.70. The fraction of sp³-hybridized carbons (Fsp3) is 0.455. The average molecular weight is 189 g/mol. The molecule has 0 spiro atoms. The minimum Gasteiger partial charge on any atom is -0.340 e. The van der Waals surface area contributed by atoms with E-state index in [0.717, 1.165) is 29.8 Å². The molecule has 0 aliphatic heterocycles. The van der Waals surface area contributed by atoms with Crippen molar-refractivity contribution in [2.75, 3.05) is 0 Å². The molecule has 0 saturated carbocycles. The summed E-state index contributed by atoms with van der Waals surface area (Å²) in [6.45, 7) is 6.33. The maximum absolute atomic E-state index is 4.44. The number of nitrogens with one attached hydrogen (secondary N) is 1. The molecule has 2 aromatic rings. The van der Waals surface area contributed by atoms with Crippen molar-refractivity contribution < 1.29 is 0 Å². The van der Waals surface area contributed by atoms with E-state index in [2.05, 4.69) is 35.7 Å². The van der Waals surface area contributed by atoms with Crippen LogP contribution in [-0.4, -0.2) is 15.0 Å². The minimum atomic E-state index is 0.844. The van der Waals surface area contributed by atoms with Gasteiger partial charge in [-0.3, -0.25) is 0 Å². The SMILES string of the molecule is CCCc1nc2ncc(C)c(C)c2[nH]1. The Balaban J connectivity index is 2.59. The highest BCUT2D eigenvalue weighted by molar-refractivity contribution is 5.75. The van der Waals surface area contributed by atoms with Crippen molar-refractivity contribution in [1.29, 1.82) is 0 Å². The highest BCUT2D eigenvalue weighted by atomic mass is 15.0. The monoisotopic (exact) mass is 189 g/mol. The zero-order valence-electron chi connectivity index (χ0n) is 8.89. The molecule has 0 aromatic carbocycles. The van der Waals surface area contributed by atoms with Crippen molar-refractivity contribution in [3.05, 3.63) is 23.1 Å². The van der Waals surface area contributed by atoms with Gasteiger partial charge in [-0.15, -0.1) is 0 Å². The zero-order chi connectivity index (χ0) is 10.1. The lowest BCUT2D eigenvalue weighted by atomic mass is 10.2. The number of fused-ring (bicyclic) bond motifs is 1. The number of hydrogen-bond acceptors (Lipinski definition) is 2. The summed E-state index contributed by atoms with van der Waals surface area (Å²) in [6.07, 6.45) is 3.99. The second-order valence-electron chi connectivity index (χ2n) is 3.70. The van der Waals surface area contributed by atoms with Crippen LogP contribution in [-0.2, 0) is 6.42 Å². The van der Waals surface area contributed by atoms with Crippen LogP contribution >= 0.6 is 0 Å². The van der Waals surface area contributed by atoms with Crippen molar-refractivity contribution in [3.8, 4) is 0 Å². The van der Waals surface area contributed by atoms with Crippen LogP contribution in [0.2, 0.25) is 0 Å². The topological polar surface area (TPSA) is 41.6 Å². The third-order valence-electron chi connectivity index (χ3n) is 2.57. The first-order valence-corrected chi connectivity index (χ1v) is 5.03. The second kappa shape index (κ2) is 3.40. The molecule has 14 heavy (non-hydrogen) atoms. The van der Waals surface area contributed by atoms with E-state index in [9.17, 15) is 0 Å². The summed E-state index contributed by atoms with van der Waals surface area (Å²) < 4.78 is 0. The van der Waals surface area contributed by atoms with Gasteiger partial charge in [-0.05, 0) is 31.4 Å². The summed E-state index contributed by atoms with van der Waals surface area (Å²) in [5.41, 5.74) is 4.40. The fourth-order valence-electron chi connectivity index (χ4n) is 1.57. The number of aromatic amines is 1. The van der Waals surface area contributed by atoms with E-state index in [1.807, 2.05) is 6.20 Å². The Kier molecular flexibility index (Phi) is 2.23. The summed E-state index contributed by atoms with van der Waals surface area (Å²) in [6, 6.07) is 0. The Bertz CT molecular complexity index is 457. The quantitative estimate of drug-likeness (QED) is 0.788. The number of H-pyrrole nitrogens is 1. The molecule has 2 heterocycles. The van der Waals surface area contributed by atoms with Crippen LogP contribution < -0.4 is 0 Å². The lowest BCUT2D eigenvalue weighted by Crippen LogP contribution is -1.85. The van der Waals surface area contributed by atoms with Gasteiger partial charge in [-0.2, -0.15) is 0 Å². The largest absolute Gasteiger partial charge is 0.340 e. The minimum absolute atomic E-state index is 0.844. The predicted octanol–water partition coefficient (Wildman–Crippen LogP) is 2.53. The standard InChI is InChI=1S/C11H15N3/c1-4-5-9-13-10-8(3)7(2)6-12-11(10)14-9/h6H,4-5H2,1-3H3,(H,12,13,14). The molecule has 0 unspecified atom stereocenters. The van der Waals surface area contributed by atoms with E-state index in [1.54, 1.807) is 0 Å². The van der Waals surface area contributed by atoms with Gasteiger partial charge in [0.1, 0.15) is 5.82 Å². The zero-order valence-corrected chi connectivity index (χ0v) is 8.89. The third-order valence-corrected chi connectivity index (χ3v) is 2.57. The summed E-state index contributed by atoms with van der Waals surface area (Å²) in [4.78, 5) is 12.1. The van der Waals surface area contributed by atoms with Gasteiger partial charge in [0.15, 0.2) is 5.65 Å². The Morgan fingerprint density at radius 1 is 1.36 bits per heavy atom. The van der Waals surface area contributed by atoms with E-state index < -0.39 is 0 Å². The van der Waals surface area contributed by atoms with Crippen molar-refractivity contribution >= 4 is 11.2 Å². The van der Waals surface area contributed by atoms with Crippen LogP contribution in [0.3, 0.4) is 0 Å². The summed E-state index contributed by atoms with van der Waals surface area (Å²) in [5.74, 6) is 1.05. The molecule has 0 radical (unpaired) electrons. The van der Waals surface area contributed by atoms with Crippen LogP contribution in [0, 0.1) is 13.8 Å². The molecule has 0 bridgehead atoms. The van der Waals surface area contributed by atoms with Gasteiger partial charge in [-0.25, -0.2) is 9.97 Å². The lowest BCUT2D eigenvalue weighted by molar-refractivity contribution is 0.860.